The summed E-state index contributed by atoms with van der Waals surface area (Å²) in [6.45, 7) is 1.68. The highest BCUT2D eigenvalue weighted by Gasteiger charge is 2.16. The van der Waals surface area contributed by atoms with Crippen molar-refractivity contribution >= 4 is 27.3 Å². The summed E-state index contributed by atoms with van der Waals surface area (Å²) in [5, 5.41) is 9.19. The van der Waals surface area contributed by atoms with E-state index in [-0.39, 0.29) is 4.90 Å². The van der Waals surface area contributed by atoms with Gasteiger partial charge >= 0.3 is 0 Å². The van der Waals surface area contributed by atoms with E-state index in [1.165, 1.54) is 12.1 Å². The highest BCUT2D eigenvalue weighted by molar-refractivity contribution is 7.92. The van der Waals surface area contributed by atoms with Gasteiger partial charge < -0.3 is 0 Å². The van der Waals surface area contributed by atoms with Gasteiger partial charge in [0.15, 0.2) is 0 Å². The molecule has 0 saturated carbocycles. The van der Waals surface area contributed by atoms with E-state index in [1.54, 1.807) is 37.3 Å². The molecule has 2 aromatic carbocycles. The first-order chi connectivity index (χ1) is 9.42. The van der Waals surface area contributed by atoms with Crippen LogP contribution in [0, 0.1) is 18.3 Å². The minimum atomic E-state index is -3.67. The minimum Gasteiger partial charge on any atom is -0.280 e. The summed E-state index contributed by atoms with van der Waals surface area (Å²) in [4.78, 5) is 0.172. The van der Waals surface area contributed by atoms with E-state index in [0.29, 0.717) is 21.8 Å². The molecule has 0 aliphatic heterocycles. The van der Waals surface area contributed by atoms with Crippen molar-refractivity contribution in [2.45, 2.75) is 11.8 Å². The number of hydrogen-bond donors (Lipinski definition) is 1. The summed E-state index contributed by atoms with van der Waals surface area (Å²) >= 11 is 5.81. The molecular formula is C14H11ClN2O2S. The Morgan fingerprint density at radius 1 is 1.15 bits per heavy atom. The van der Waals surface area contributed by atoms with Crippen LogP contribution in [-0.2, 0) is 10.0 Å². The van der Waals surface area contributed by atoms with Crippen LogP contribution in [0.4, 0.5) is 5.69 Å². The molecule has 102 valence electrons. The number of nitrogens with zero attached hydrogens (tertiary/aromatic N) is 1. The summed E-state index contributed by atoms with van der Waals surface area (Å²) in [5.41, 5.74) is 1.44. The SMILES string of the molecule is Cc1cc(Cl)ccc1S(=O)(=O)Nc1ccc(C#N)cc1. The van der Waals surface area contributed by atoms with E-state index in [2.05, 4.69) is 4.72 Å². The first kappa shape index (κ1) is 14.4. The Hall–Kier alpha value is -2.03. The molecule has 2 rings (SSSR count). The molecule has 2 aromatic rings. The number of hydrogen-bond acceptors (Lipinski definition) is 3. The summed E-state index contributed by atoms with van der Waals surface area (Å²) in [7, 11) is -3.67. The van der Waals surface area contributed by atoms with E-state index >= 15 is 0 Å². The summed E-state index contributed by atoms with van der Waals surface area (Å²) in [6, 6.07) is 12.7. The lowest BCUT2D eigenvalue weighted by atomic mass is 10.2. The maximum atomic E-state index is 12.3. The van der Waals surface area contributed by atoms with Crippen molar-refractivity contribution in [1.29, 1.82) is 5.26 Å². The number of benzene rings is 2. The third-order valence-corrected chi connectivity index (χ3v) is 4.47. The normalized spacial score (nSPS) is 10.8. The Morgan fingerprint density at radius 2 is 1.80 bits per heavy atom. The number of rotatable bonds is 3. The lowest BCUT2D eigenvalue weighted by Crippen LogP contribution is -2.14. The molecule has 0 amide bonds. The van der Waals surface area contributed by atoms with Gasteiger partial charge in [0, 0.05) is 10.7 Å². The molecule has 0 atom stereocenters. The molecule has 0 fully saturated rings. The fraction of sp³-hybridized carbons (Fsp3) is 0.0714. The van der Waals surface area contributed by atoms with Gasteiger partial charge in [-0.2, -0.15) is 5.26 Å². The molecule has 0 heterocycles. The Morgan fingerprint density at radius 3 is 2.35 bits per heavy atom. The molecule has 0 radical (unpaired) electrons. The van der Waals surface area contributed by atoms with Crippen LogP contribution in [0.25, 0.3) is 0 Å². The van der Waals surface area contributed by atoms with E-state index in [0.717, 1.165) is 0 Å². The molecule has 1 N–H and O–H groups in total. The van der Waals surface area contributed by atoms with Crippen LogP contribution in [0.3, 0.4) is 0 Å². The van der Waals surface area contributed by atoms with E-state index in [1.807, 2.05) is 6.07 Å². The predicted octanol–water partition coefficient (Wildman–Crippen LogP) is 3.32. The van der Waals surface area contributed by atoms with Gasteiger partial charge in [0.1, 0.15) is 0 Å². The molecule has 0 saturated heterocycles. The zero-order valence-corrected chi connectivity index (χ0v) is 12.2. The third kappa shape index (κ3) is 3.10. The number of nitriles is 1. The first-order valence-electron chi connectivity index (χ1n) is 5.71. The largest absolute Gasteiger partial charge is 0.280 e. The summed E-state index contributed by atoms with van der Waals surface area (Å²) in [6.07, 6.45) is 0. The molecule has 4 nitrogen and oxygen atoms in total. The van der Waals surface area contributed by atoms with Crippen LogP contribution in [0.15, 0.2) is 47.4 Å². The molecule has 0 unspecified atom stereocenters. The smallest absolute Gasteiger partial charge is 0.262 e. The maximum Gasteiger partial charge on any atom is 0.262 e. The van der Waals surface area contributed by atoms with Crippen LogP contribution < -0.4 is 4.72 Å². The van der Waals surface area contributed by atoms with Gasteiger partial charge in [0.05, 0.1) is 16.5 Å². The van der Waals surface area contributed by atoms with Crippen molar-refractivity contribution in [3.8, 4) is 6.07 Å². The Balaban J connectivity index is 2.33. The van der Waals surface area contributed by atoms with Gasteiger partial charge in [0.2, 0.25) is 0 Å². The predicted molar refractivity (Wildman–Crippen MR) is 78.2 cm³/mol. The van der Waals surface area contributed by atoms with E-state index in [9.17, 15) is 8.42 Å². The first-order valence-corrected chi connectivity index (χ1v) is 7.57. The van der Waals surface area contributed by atoms with Crippen LogP contribution >= 0.6 is 11.6 Å². The molecule has 6 heteroatoms. The lowest BCUT2D eigenvalue weighted by molar-refractivity contribution is 0.600. The molecule has 0 aliphatic rings. The molecule has 0 spiro atoms. The van der Waals surface area contributed by atoms with Gasteiger partial charge in [-0.1, -0.05) is 11.6 Å². The van der Waals surface area contributed by atoms with Crippen molar-refractivity contribution in [3.63, 3.8) is 0 Å². The molecule has 0 aliphatic carbocycles. The maximum absolute atomic E-state index is 12.3. The molecular weight excluding hydrogens is 296 g/mol. The number of aryl methyl sites for hydroxylation is 1. The fourth-order valence-electron chi connectivity index (χ4n) is 1.74. The number of halogens is 1. The van der Waals surface area contributed by atoms with Crippen LogP contribution in [0.5, 0.6) is 0 Å². The van der Waals surface area contributed by atoms with Gasteiger partial charge in [-0.05, 0) is 55.0 Å². The van der Waals surface area contributed by atoms with Crippen molar-refractivity contribution in [1.82, 2.24) is 0 Å². The van der Waals surface area contributed by atoms with E-state index in [4.69, 9.17) is 16.9 Å². The van der Waals surface area contributed by atoms with E-state index < -0.39 is 10.0 Å². The summed E-state index contributed by atoms with van der Waals surface area (Å²) in [5.74, 6) is 0. The van der Waals surface area contributed by atoms with Crippen LogP contribution in [0.2, 0.25) is 5.02 Å². The van der Waals surface area contributed by atoms with Crippen LogP contribution in [-0.4, -0.2) is 8.42 Å². The zero-order valence-electron chi connectivity index (χ0n) is 10.6. The Bertz CT molecular complexity index is 778. The fourth-order valence-corrected chi connectivity index (χ4v) is 3.25. The van der Waals surface area contributed by atoms with Crippen LogP contribution in [0.1, 0.15) is 11.1 Å². The van der Waals surface area contributed by atoms with Gasteiger partial charge in [-0.25, -0.2) is 8.42 Å². The van der Waals surface area contributed by atoms with Crippen molar-refractivity contribution in [2.24, 2.45) is 0 Å². The van der Waals surface area contributed by atoms with Gasteiger partial charge in [0.25, 0.3) is 10.0 Å². The zero-order chi connectivity index (χ0) is 14.8. The summed E-state index contributed by atoms with van der Waals surface area (Å²) < 4.78 is 27.0. The highest BCUT2D eigenvalue weighted by atomic mass is 35.5. The number of sulfonamides is 1. The lowest BCUT2D eigenvalue weighted by Gasteiger charge is -2.10. The standard InChI is InChI=1S/C14H11ClN2O2S/c1-10-8-12(15)4-7-14(10)20(18,19)17-13-5-2-11(9-16)3-6-13/h2-8,17H,1H3. The van der Waals surface area contributed by atoms with Crippen molar-refractivity contribution < 1.29 is 8.42 Å². The topological polar surface area (TPSA) is 70.0 Å². The number of nitrogens with one attached hydrogen (secondary N) is 1. The average Bonchev–Trinajstić information content (AvgIpc) is 2.38. The number of anilines is 1. The molecule has 0 bridgehead atoms. The molecule has 0 aromatic heterocycles. The monoisotopic (exact) mass is 306 g/mol. The van der Waals surface area contributed by atoms with Gasteiger partial charge in [-0.15, -0.1) is 0 Å². The van der Waals surface area contributed by atoms with Gasteiger partial charge in [-0.3, -0.25) is 4.72 Å². The second kappa shape index (κ2) is 5.53. The Kier molecular flexibility index (Phi) is 3.98. The Labute approximate surface area is 122 Å². The highest BCUT2D eigenvalue weighted by Crippen LogP contribution is 2.22. The van der Waals surface area contributed by atoms with Crippen molar-refractivity contribution in [2.75, 3.05) is 4.72 Å². The molecule has 20 heavy (non-hydrogen) atoms. The second-order valence-electron chi connectivity index (χ2n) is 4.20. The average molecular weight is 307 g/mol. The second-order valence-corrected chi connectivity index (χ2v) is 6.29. The third-order valence-electron chi connectivity index (χ3n) is 2.69. The quantitative estimate of drug-likeness (QED) is 0.945. The minimum absolute atomic E-state index is 0.172. The van der Waals surface area contributed by atoms with Crippen molar-refractivity contribution in [3.05, 3.63) is 58.6 Å².